The smallest absolute Gasteiger partial charge is 0.401 e. The molecule has 106 valence electrons. The van der Waals surface area contributed by atoms with E-state index in [1.807, 2.05) is 17.7 Å². The molecule has 3 rings (SSSR count). The fourth-order valence-electron chi connectivity index (χ4n) is 1.75. The number of hydrogen-bond acceptors (Lipinski definition) is 7. The van der Waals surface area contributed by atoms with Gasteiger partial charge in [0.1, 0.15) is 15.7 Å². The van der Waals surface area contributed by atoms with E-state index in [2.05, 4.69) is 9.97 Å². The van der Waals surface area contributed by atoms with E-state index >= 15 is 0 Å². The molecule has 0 aromatic carbocycles. The van der Waals surface area contributed by atoms with Gasteiger partial charge in [-0.15, -0.1) is 23.1 Å². The van der Waals surface area contributed by atoms with Crippen LogP contribution in [0, 0.1) is 10.1 Å². The van der Waals surface area contributed by atoms with Crippen molar-refractivity contribution >= 4 is 51.4 Å². The van der Waals surface area contributed by atoms with E-state index in [0.29, 0.717) is 11.6 Å². The van der Waals surface area contributed by atoms with Gasteiger partial charge in [-0.2, -0.15) is 0 Å². The maximum absolute atomic E-state index is 10.6. The fraction of sp³-hybridized carbons (Fsp3) is 0.0769. The van der Waals surface area contributed by atoms with E-state index in [1.165, 1.54) is 12.1 Å². The zero-order valence-electron chi connectivity index (χ0n) is 10.8. The Hall–Kier alpha value is -2.19. The number of thiophene rings is 1. The monoisotopic (exact) mass is 319 g/mol. The molecule has 0 atom stereocenters. The summed E-state index contributed by atoms with van der Waals surface area (Å²) in [6.07, 6.45) is 5.26. The van der Waals surface area contributed by atoms with Gasteiger partial charge >= 0.3 is 5.88 Å². The molecule has 0 aliphatic heterocycles. The second-order valence-electron chi connectivity index (χ2n) is 3.99. The third kappa shape index (κ3) is 2.81. The molecule has 0 spiro atoms. The quantitative estimate of drug-likeness (QED) is 0.312. The summed E-state index contributed by atoms with van der Waals surface area (Å²) in [4.78, 5) is 18.9. The van der Waals surface area contributed by atoms with Gasteiger partial charge in [0.2, 0.25) is 0 Å². The van der Waals surface area contributed by atoms with Gasteiger partial charge in [0.05, 0.1) is 16.3 Å². The first-order valence-corrected chi connectivity index (χ1v) is 7.99. The molecule has 3 aromatic heterocycles. The molecule has 0 N–H and O–H groups in total. The lowest BCUT2D eigenvalue weighted by molar-refractivity contribution is -0.402. The van der Waals surface area contributed by atoms with E-state index in [1.54, 1.807) is 35.3 Å². The van der Waals surface area contributed by atoms with Crippen molar-refractivity contribution in [3.63, 3.8) is 0 Å². The largest absolute Gasteiger partial charge is 0.433 e. The van der Waals surface area contributed by atoms with Crippen molar-refractivity contribution in [1.82, 2.24) is 9.97 Å². The summed E-state index contributed by atoms with van der Waals surface area (Å²) in [6, 6.07) is 4.79. The number of rotatable bonds is 4. The Bertz CT molecular complexity index is 838. The average Bonchev–Trinajstić information content (AvgIpc) is 3.12. The van der Waals surface area contributed by atoms with E-state index in [4.69, 9.17) is 4.42 Å². The Morgan fingerprint density at radius 3 is 2.90 bits per heavy atom. The highest BCUT2D eigenvalue weighted by Crippen LogP contribution is 2.28. The summed E-state index contributed by atoms with van der Waals surface area (Å²) in [7, 11) is 0. The third-order valence-corrected chi connectivity index (χ3v) is 4.39. The molecule has 3 aromatic rings. The van der Waals surface area contributed by atoms with Crippen molar-refractivity contribution in [3.05, 3.63) is 45.3 Å². The minimum atomic E-state index is -0.572. The van der Waals surface area contributed by atoms with Crippen LogP contribution in [0.5, 0.6) is 0 Å². The van der Waals surface area contributed by atoms with E-state index in [-0.39, 0.29) is 5.88 Å². The molecular formula is C13H9N3O3S2. The molecule has 0 saturated carbocycles. The summed E-state index contributed by atoms with van der Waals surface area (Å²) in [5.74, 6) is 0.652. The number of hydrogen-bond donors (Lipinski definition) is 0. The SMILES string of the molecule is CSc1nc(C=Cc2ccc([N+](=O)[O-])o2)nc2ccsc12. The van der Waals surface area contributed by atoms with Gasteiger partial charge in [-0.3, -0.25) is 10.1 Å². The number of nitrogens with zero attached hydrogens (tertiary/aromatic N) is 3. The van der Waals surface area contributed by atoms with Gasteiger partial charge in [0.25, 0.3) is 0 Å². The molecule has 0 aliphatic rings. The number of furan rings is 1. The van der Waals surface area contributed by atoms with Crippen LogP contribution in [0.4, 0.5) is 5.88 Å². The molecule has 0 bridgehead atoms. The van der Waals surface area contributed by atoms with E-state index in [0.717, 1.165) is 15.2 Å². The van der Waals surface area contributed by atoms with Gasteiger partial charge < -0.3 is 4.42 Å². The van der Waals surface area contributed by atoms with Crippen molar-refractivity contribution in [2.24, 2.45) is 0 Å². The molecule has 0 fully saturated rings. The topological polar surface area (TPSA) is 82.1 Å². The molecule has 0 radical (unpaired) electrons. The zero-order valence-corrected chi connectivity index (χ0v) is 12.5. The van der Waals surface area contributed by atoms with Crippen LogP contribution in [0.15, 0.2) is 33.0 Å². The van der Waals surface area contributed by atoms with Crippen LogP contribution in [0.25, 0.3) is 22.4 Å². The summed E-state index contributed by atoms with van der Waals surface area (Å²) >= 11 is 3.16. The second kappa shape index (κ2) is 5.66. The summed E-state index contributed by atoms with van der Waals surface area (Å²) in [6.45, 7) is 0. The maximum atomic E-state index is 10.6. The van der Waals surface area contributed by atoms with Crippen molar-refractivity contribution in [3.8, 4) is 0 Å². The lowest BCUT2D eigenvalue weighted by Gasteiger charge is -1.99. The summed E-state index contributed by atoms with van der Waals surface area (Å²) in [5, 5.41) is 13.4. The third-order valence-electron chi connectivity index (χ3n) is 2.67. The van der Waals surface area contributed by atoms with Gasteiger partial charge in [-0.25, -0.2) is 9.97 Å². The zero-order chi connectivity index (χ0) is 14.8. The normalized spacial score (nSPS) is 11.5. The molecule has 0 saturated heterocycles. The van der Waals surface area contributed by atoms with Gasteiger partial charge in [-0.1, -0.05) is 0 Å². The molecule has 0 amide bonds. The minimum absolute atomic E-state index is 0.284. The number of nitro groups is 1. The minimum Gasteiger partial charge on any atom is -0.401 e. The predicted octanol–water partition coefficient (Wildman–Crippen LogP) is 4.08. The fourth-order valence-corrected chi connectivity index (χ4v) is 3.34. The Kier molecular flexibility index (Phi) is 3.72. The first-order chi connectivity index (χ1) is 10.2. The highest BCUT2D eigenvalue weighted by atomic mass is 32.2. The van der Waals surface area contributed by atoms with Crippen LogP contribution >= 0.6 is 23.1 Å². The molecular weight excluding hydrogens is 310 g/mol. The van der Waals surface area contributed by atoms with Crippen LogP contribution in [0.1, 0.15) is 11.6 Å². The van der Waals surface area contributed by atoms with Crippen LogP contribution in [0.2, 0.25) is 0 Å². The average molecular weight is 319 g/mol. The van der Waals surface area contributed by atoms with Crippen molar-refractivity contribution < 1.29 is 9.34 Å². The van der Waals surface area contributed by atoms with Gasteiger partial charge in [-0.05, 0) is 35.9 Å². The lowest BCUT2D eigenvalue weighted by atomic mass is 10.3. The van der Waals surface area contributed by atoms with Gasteiger partial charge in [0.15, 0.2) is 5.82 Å². The molecule has 0 unspecified atom stereocenters. The Balaban J connectivity index is 1.92. The molecule has 6 nitrogen and oxygen atoms in total. The van der Waals surface area contributed by atoms with Crippen molar-refractivity contribution in [1.29, 1.82) is 0 Å². The van der Waals surface area contributed by atoms with E-state index in [9.17, 15) is 10.1 Å². The Labute approximate surface area is 127 Å². The van der Waals surface area contributed by atoms with Crippen LogP contribution < -0.4 is 0 Å². The van der Waals surface area contributed by atoms with Crippen molar-refractivity contribution in [2.45, 2.75) is 5.03 Å². The second-order valence-corrected chi connectivity index (χ2v) is 5.70. The van der Waals surface area contributed by atoms with Crippen LogP contribution in [-0.2, 0) is 0 Å². The highest BCUT2D eigenvalue weighted by molar-refractivity contribution is 7.98. The van der Waals surface area contributed by atoms with E-state index < -0.39 is 4.92 Å². The lowest BCUT2D eigenvalue weighted by Crippen LogP contribution is -1.89. The maximum Gasteiger partial charge on any atom is 0.433 e. The molecule has 3 heterocycles. The van der Waals surface area contributed by atoms with Crippen molar-refractivity contribution in [2.75, 3.05) is 6.26 Å². The molecule has 0 aliphatic carbocycles. The van der Waals surface area contributed by atoms with Crippen LogP contribution in [-0.4, -0.2) is 21.1 Å². The number of fused-ring (bicyclic) bond motifs is 1. The summed E-state index contributed by atoms with van der Waals surface area (Å²) < 4.78 is 6.11. The predicted molar refractivity (Wildman–Crippen MR) is 83.5 cm³/mol. The van der Waals surface area contributed by atoms with Gasteiger partial charge in [0, 0.05) is 0 Å². The first kappa shape index (κ1) is 13.8. The Morgan fingerprint density at radius 1 is 1.33 bits per heavy atom. The van der Waals surface area contributed by atoms with Crippen LogP contribution in [0.3, 0.4) is 0 Å². The first-order valence-electron chi connectivity index (χ1n) is 5.89. The Morgan fingerprint density at radius 2 is 2.19 bits per heavy atom. The number of thioether (sulfide) groups is 1. The molecule has 8 heteroatoms. The summed E-state index contributed by atoms with van der Waals surface area (Å²) in [5.41, 5.74) is 0.893. The standard InChI is InChI=1S/C13H9N3O3S2/c1-20-13-12-9(6-7-21-12)14-10(15-13)4-2-8-3-5-11(19-8)16(17)18/h2-7H,1H3. The number of aromatic nitrogens is 2. The highest BCUT2D eigenvalue weighted by Gasteiger charge is 2.10. The molecule has 21 heavy (non-hydrogen) atoms.